The van der Waals surface area contributed by atoms with Crippen molar-refractivity contribution in [3.63, 3.8) is 0 Å². The molecular weight excluding hydrogens is 1900 g/mol. The van der Waals surface area contributed by atoms with Crippen LogP contribution in [0.4, 0.5) is 61.5 Å². The first-order chi connectivity index (χ1) is 64.3. The van der Waals surface area contributed by atoms with E-state index in [1.54, 1.807) is 27.7 Å². The average molecular weight is 2020 g/mol. The Hall–Kier alpha value is -7.96. The van der Waals surface area contributed by atoms with Crippen molar-refractivity contribution >= 4 is 102 Å². The maximum Gasteiger partial charge on any atom is 0.373 e. The number of hydrogen-bond donors (Lipinski definition) is 7. The number of nitrogens with two attached hydrogens (primary N) is 2. The van der Waals surface area contributed by atoms with Gasteiger partial charge in [-0.2, -0.15) is 68.3 Å². The Morgan fingerprint density at radius 3 is 1.35 bits per heavy atom. The van der Waals surface area contributed by atoms with E-state index in [2.05, 4.69) is 77.0 Å². The fourth-order valence-electron chi connectivity index (χ4n) is 20.4. The van der Waals surface area contributed by atoms with Gasteiger partial charge in [0.25, 0.3) is 38.0 Å². The number of Topliss-reactive ketones (excluding diaryl/α,β-unsaturated/α-hetero) is 4. The number of thioether (sulfide) groups is 2. The van der Waals surface area contributed by atoms with E-state index < -0.39 is 104 Å². The first-order valence-electron chi connectivity index (χ1n) is 45.6. The number of hydrazine groups is 1. The standard InChI is InChI=1S/C14H16F2N2O2S2.C12H12F4N2O2.C12H12F2N2O3.C12H14F2N2O2.C8H8F2N2.C8H10O2.C6H10O.C6H8O.C5H8O.C4H6F2O2.C2H6S2.H4N2.H2O/c1-2-20-9(19)6-18-12-10(11(17-18)13(15)16)7-5-8(7)14(12)21-3-4-22-14;1-2-20-7(19)4-18-10-8(9(17-18)11(13)14)5-3-6(5)12(10,15)16;1-2-19-7(17)4-16-10-8(9(15-16)12(13)14)5-3-6(5)11(10)18;1-2-18-9(17)5-16-8-4-6-3-7(6)10(8)11(15-16)12(13)14;9-8(10)7-6-4-1-3(4)2-5(6)11-12-7;1-4(9)8-6-2-5(6)3-7(8)10;2*7-6-2-4-1-5(4)3-6;6-5-3-1-2-4-5;1-2-8-4(7)3(5)6;3-1-2-4;1-2;/h7-8,13H,2-6H2,1H3;5-6,11H,2-4H2,1H3;5-6,12H,2-4H2,1H3;6-7,12H,2-5H2,1H3;3-4,8H,1-2H2,(H,11,12);5-6,8H,2-3H2,1H3;4-7H,1-3H2;4-5H,1-3H2;1-2,5-6H,3-4H2;3H,2H2,1H3;3-4H,1-2H2;1-2H2;1H2. The Labute approximate surface area is 793 Å². The quantitative estimate of drug-likeness (QED) is 0.00524. The molecule has 6 heterocycles. The van der Waals surface area contributed by atoms with Gasteiger partial charge in [-0.3, -0.25) is 69.2 Å². The summed E-state index contributed by atoms with van der Waals surface area (Å²) in [5.41, 5.74) is 3.48. The summed E-state index contributed by atoms with van der Waals surface area (Å²) in [5.74, 6) is 10.5. The van der Waals surface area contributed by atoms with Gasteiger partial charge in [0.1, 0.15) is 87.5 Å². The zero-order chi connectivity index (χ0) is 98.4. The van der Waals surface area contributed by atoms with Crippen molar-refractivity contribution in [3.05, 3.63) is 96.9 Å². The second-order valence-electron chi connectivity index (χ2n) is 36.0. The third kappa shape index (κ3) is 24.9. The summed E-state index contributed by atoms with van der Waals surface area (Å²) >= 11 is 11.3. The van der Waals surface area contributed by atoms with Crippen LogP contribution in [0.1, 0.15) is 289 Å². The Morgan fingerprint density at radius 1 is 0.478 bits per heavy atom. The molecule has 11 saturated carbocycles. The number of ketones is 4. The van der Waals surface area contributed by atoms with Crippen LogP contribution >= 0.6 is 48.8 Å². The number of aromatic nitrogens is 10. The van der Waals surface area contributed by atoms with Crippen LogP contribution in [0.5, 0.6) is 0 Å². The number of rotatable bonds is 21. The van der Waals surface area contributed by atoms with Crippen molar-refractivity contribution in [1.82, 2.24) is 49.3 Å². The van der Waals surface area contributed by atoms with E-state index in [0.717, 1.165) is 151 Å². The zero-order valence-electron chi connectivity index (χ0n) is 75.6. The summed E-state index contributed by atoms with van der Waals surface area (Å²) in [4.78, 5) is 100. The molecular formula is C89H116F14N12O17S4. The van der Waals surface area contributed by atoms with Crippen molar-refractivity contribution < 1.29 is 144 Å². The number of thiol groups is 2. The van der Waals surface area contributed by atoms with E-state index in [0.29, 0.717) is 75.5 Å². The maximum atomic E-state index is 14.1. The SMILES string of the molecule is CC(=O)C1C(=O)CC2CC21.CCOC(=O)C(F)F.CCOC(=O)Cn1nc(C(F)F)c2c1C(=O)C1CC21.CCOC(=O)Cn1nc(C(F)F)c2c1C(F)(F)C1CC21.CCOC(=O)Cn1nc(C(F)F)c2c1C1(SCCS1)C1CC21.CCOC(=O)Cn1nc(C(F)F)c2c1CC1CC21.FC(F)c1n[nH]c2c1C1CC1C2.NN.O.O=C1CC2CC2C1.OC1CC2CC2C1.OC1CC=CC1.SCCS. The van der Waals surface area contributed by atoms with Gasteiger partial charge in [0.15, 0.2) is 5.78 Å². The fraction of sp³-hybridized carbons (Fsp3) is 0.708. The van der Waals surface area contributed by atoms with Crippen molar-refractivity contribution in [2.24, 2.45) is 82.7 Å². The highest BCUT2D eigenvalue weighted by molar-refractivity contribution is 8.20. The van der Waals surface area contributed by atoms with Crippen molar-refractivity contribution in [2.75, 3.05) is 56.0 Å². The van der Waals surface area contributed by atoms with Crippen LogP contribution in [0.25, 0.3) is 0 Å². The van der Waals surface area contributed by atoms with Crippen molar-refractivity contribution in [3.8, 4) is 0 Å². The lowest BCUT2D eigenvalue weighted by Crippen LogP contribution is -2.24. The molecule has 5 aromatic rings. The van der Waals surface area contributed by atoms with Gasteiger partial charge in [-0.15, -0.1) is 23.5 Å². The lowest BCUT2D eigenvalue weighted by molar-refractivity contribution is -0.156. The molecule has 17 atom stereocenters. The van der Waals surface area contributed by atoms with Crippen molar-refractivity contribution in [1.29, 1.82) is 0 Å². The normalized spacial score (nSPS) is 27.7. The largest absolute Gasteiger partial charge is 0.465 e. The molecule has 17 aliphatic carbocycles. The van der Waals surface area contributed by atoms with Crippen LogP contribution < -0.4 is 11.7 Å². The molecule has 5 aromatic heterocycles. The monoisotopic (exact) mass is 2020 g/mol. The number of aliphatic hydroxyl groups is 2. The summed E-state index contributed by atoms with van der Waals surface area (Å²) in [7, 11) is 0. The molecule has 136 heavy (non-hydrogen) atoms. The number of carbonyl (C=O) groups excluding carboxylic acids is 9. The van der Waals surface area contributed by atoms with Crippen LogP contribution in [-0.2, 0) is 111 Å². The molecule has 0 amide bonds. The van der Waals surface area contributed by atoms with E-state index in [9.17, 15) is 105 Å². The van der Waals surface area contributed by atoms with Gasteiger partial charge in [-0.05, 0) is 226 Å². The van der Waals surface area contributed by atoms with E-state index in [4.69, 9.17) is 24.4 Å². The zero-order valence-corrected chi connectivity index (χ0v) is 79.0. The summed E-state index contributed by atoms with van der Waals surface area (Å²) in [6, 6.07) is 0. The number of aromatic amines is 1. The molecule has 17 unspecified atom stereocenters. The fourth-order valence-corrected chi connectivity index (χ4v) is 24.2. The van der Waals surface area contributed by atoms with Crippen LogP contribution in [0, 0.1) is 71.0 Å². The van der Waals surface area contributed by atoms with Crippen molar-refractivity contribution in [2.45, 2.75) is 267 Å². The molecule has 756 valence electrons. The van der Waals surface area contributed by atoms with Gasteiger partial charge >= 0.3 is 36.3 Å². The average Bonchev–Trinajstić information content (AvgIpc) is 1.62. The number of aliphatic hydroxyl groups excluding tert-OH is 2. The Balaban J connectivity index is 0.000000148. The Bertz CT molecular complexity index is 5080. The predicted molar refractivity (Wildman–Crippen MR) is 470 cm³/mol. The van der Waals surface area contributed by atoms with E-state index in [1.165, 1.54) is 36.1 Å². The summed E-state index contributed by atoms with van der Waals surface area (Å²) in [5, 5.41) is 39.2. The molecule has 23 rings (SSSR count). The van der Waals surface area contributed by atoms with Crippen LogP contribution in [0.3, 0.4) is 0 Å². The van der Waals surface area contributed by atoms with Gasteiger partial charge < -0.3 is 39.4 Å². The summed E-state index contributed by atoms with van der Waals surface area (Å²) in [6.07, 6.45) is 3.65. The number of fused-ring (bicyclic) bond motifs is 20. The number of esters is 5. The minimum absolute atomic E-state index is 0. The molecule has 1 saturated heterocycles. The van der Waals surface area contributed by atoms with Gasteiger partial charge in [0, 0.05) is 81.8 Å². The van der Waals surface area contributed by atoms with Crippen LogP contribution in [-0.4, -0.2) is 193 Å². The predicted octanol–water partition coefficient (Wildman–Crippen LogP) is 14.4. The highest BCUT2D eigenvalue weighted by atomic mass is 32.2. The second-order valence-corrected chi connectivity index (χ2v) is 39.8. The minimum atomic E-state index is -3.20. The van der Waals surface area contributed by atoms with E-state index in [1.807, 2.05) is 35.7 Å². The highest BCUT2D eigenvalue weighted by Crippen LogP contribution is 2.76. The number of hydrogen-bond acceptors (Lipinski definition) is 27. The van der Waals surface area contributed by atoms with E-state index in [-0.39, 0.29) is 162 Å². The third-order valence-corrected chi connectivity index (χ3v) is 31.2. The van der Waals surface area contributed by atoms with Crippen LogP contribution in [0.15, 0.2) is 12.2 Å². The molecule has 18 aliphatic rings. The van der Waals surface area contributed by atoms with Crippen LogP contribution in [0.2, 0.25) is 0 Å². The first-order valence-corrected chi connectivity index (χ1v) is 48.8. The lowest BCUT2D eigenvalue weighted by Gasteiger charge is -2.25. The molecule has 1 spiro atoms. The van der Waals surface area contributed by atoms with Gasteiger partial charge in [-0.25, -0.2) is 53.4 Å². The molecule has 12 fully saturated rings. The summed E-state index contributed by atoms with van der Waals surface area (Å²) < 4.78 is 207. The molecule has 47 heteroatoms. The third-order valence-electron chi connectivity index (χ3n) is 26.8. The number of ether oxygens (including phenoxy) is 5. The highest BCUT2D eigenvalue weighted by Gasteiger charge is 2.69. The Kier molecular flexibility index (Phi) is 37.2. The molecule has 0 aromatic carbocycles. The number of H-pyrrole nitrogens is 1. The van der Waals surface area contributed by atoms with E-state index >= 15 is 0 Å². The second kappa shape index (κ2) is 46.6. The van der Waals surface area contributed by atoms with Gasteiger partial charge in [0.05, 0.1) is 56.9 Å². The van der Waals surface area contributed by atoms with Gasteiger partial charge in [0.2, 0.25) is 0 Å². The lowest BCUT2D eigenvalue weighted by atomic mass is 9.98. The topological polar surface area (TPSA) is 424 Å². The molecule has 29 nitrogen and oxygen atoms in total. The molecule has 0 radical (unpaired) electrons. The first kappa shape index (κ1) is 108. The minimum Gasteiger partial charge on any atom is -0.465 e. The number of carbonyl (C=O) groups is 9. The van der Waals surface area contributed by atoms with Gasteiger partial charge in [-0.1, -0.05) is 12.2 Å². The smallest absolute Gasteiger partial charge is 0.373 e. The molecule has 1 aliphatic heterocycles. The summed E-state index contributed by atoms with van der Waals surface area (Å²) in [6.45, 7) is 9.51. The Morgan fingerprint density at radius 2 is 0.919 bits per heavy atom. The number of nitrogens with zero attached hydrogens (tertiary/aromatic N) is 9. The molecule has 0 bridgehead atoms. The number of nitrogens with one attached hydrogen (secondary N) is 1. The maximum absolute atomic E-state index is 14.1. The number of alkyl halides is 14. The molecule has 9 N–H and O–H groups in total. The number of halogens is 14.